The van der Waals surface area contributed by atoms with E-state index in [9.17, 15) is 0 Å². The summed E-state index contributed by atoms with van der Waals surface area (Å²) in [5.41, 5.74) is 1.27. The predicted molar refractivity (Wildman–Crippen MR) is 124 cm³/mol. The Morgan fingerprint density at radius 2 is 1.44 bits per heavy atom. The number of rotatable bonds is 16. The van der Waals surface area contributed by atoms with Crippen LogP contribution in [0.1, 0.15) is 71.8 Å². The van der Waals surface area contributed by atoms with Crippen LogP contribution in [0.4, 0.5) is 0 Å². The first-order valence-electron chi connectivity index (χ1n) is 11.4. The SMILES string of the molecule is CCC[CH2][Sn]([CH2]/C=C/C(C)COCc1ccccc1)([CH2]CCC)[CH2]CCC. The Balaban J connectivity index is 2.51. The van der Waals surface area contributed by atoms with Gasteiger partial charge < -0.3 is 0 Å². The zero-order chi connectivity index (χ0) is 19.8. The molecule has 1 atom stereocenters. The van der Waals surface area contributed by atoms with Crippen molar-refractivity contribution in [1.29, 1.82) is 0 Å². The van der Waals surface area contributed by atoms with Crippen LogP contribution >= 0.6 is 0 Å². The van der Waals surface area contributed by atoms with E-state index in [1.165, 1.54) is 48.5 Å². The molecular formula is C25H44OSn. The molecule has 0 aliphatic carbocycles. The zero-order valence-corrected chi connectivity index (χ0v) is 21.4. The van der Waals surface area contributed by atoms with Crippen LogP contribution in [0.5, 0.6) is 0 Å². The minimum absolute atomic E-state index is 0.515. The summed E-state index contributed by atoms with van der Waals surface area (Å²) in [6.07, 6.45) is 13.5. The van der Waals surface area contributed by atoms with Gasteiger partial charge in [-0.3, -0.25) is 0 Å². The van der Waals surface area contributed by atoms with Crippen molar-refractivity contribution in [3.63, 3.8) is 0 Å². The first-order valence-corrected chi connectivity index (χ1v) is 19.5. The molecule has 1 rings (SSSR count). The van der Waals surface area contributed by atoms with E-state index in [-0.39, 0.29) is 0 Å². The molecule has 0 N–H and O–H groups in total. The van der Waals surface area contributed by atoms with Crippen molar-refractivity contribution >= 4 is 18.4 Å². The molecule has 27 heavy (non-hydrogen) atoms. The van der Waals surface area contributed by atoms with Crippen LogP contribution < -0.4 is 0 Å². The Bertz CT molecular complexity index is 461. The summed E-state index contributed by atoms with van der Waals surface area (Å²) < 4.78 is 12.2. The van der Waals surface area contributed by atoms with Gasteiger partial charge in [0.05, 0.1) is 0 Å². The number of benzene rings is 1. The molecule has 0 radical (unpaired) electrons. The van der Waals surface area contributed by atoms with Crippen LogP contribution in [0.3, 0.4) is 0 Å². The Morgan fingerprint density at radius 1 is 0.889 bits per heavy atom. The van der Waals surface area contributed by atoms with E-state index >= 15 is 0 Å². The third-order valence-corrected chi connectivity index (χ3v) is 20.9. The summed E-state index contributed by atoms with van der Waals surface area (Å²) in [5.74, 6) is 0.515. The second kappa shape index (κ2) is 15.6. The van der Waals surface area contributed by atoms with Crippen molar-refractivity contribution in [2.24, 2.45) is 5.92 Å². The monoisotopic (exact) mass is 480 g/mol. The molecule has 2 heteroatoms. The molecule has 0 aliphatic rings. The van der Waals surface area contributed by atoms with Gasteiger partial charge in [-0.25, -0.2) is 0 Å². The second-order valence-corrected chi connectivity index (χ2v) is 22.4. The maximum absolute atomic E-state index is 5.92. The number of allylic oxidation sites excluding steroid dienone is 1. The topological polar surface area (TPSA) is 9.23 Å². The molecule has 1 unspecified atom stereocenters. The van der Waals surface area contributed by atoms with Crippen LogP contribution in [0.2, 0.25) is 17.7 Å². The molecule has 1 aromatic rings. The molecule has 1 aromatic carbocycles. The van der Waals surface area contributed by atoms with E-state index in [2.05, 4.69) is 70.2 Å². The summed E-state index contributed by atoms with van der Waals surface area (Å²) in [7, 11) is 0. The van der Waals surface area contributed by atoms with E-state index in [4.69, 9.17) is 4.74 Å². The van der Waals surface area contributed by atoms with Gasteiger partial charge in [-0.05, 0) is 0 Å². The van der Waals surface area contributed by atoms with Crippen molar-refractivity contribution in [1.82, 2.24) is 0 Å². The van der Waals surface area contributed by atoms with E-state index in [1.807, 2.05) is 0 Å². The van der Waals surface area contributed by atoms with Gasteiger partial charge in [0.1, 0.15) is 0 Å². The van der Waals surface area contributed by atoms with Crippen molar-refractivity contribution in [2.75, 3.05) is 6.61 Å². The predicted octanol–water partition coefficient (Wildman–Crippen LogP) is 8.24. The molecule has 0 aliphatic heterocycles. The fourth-order valence-electron chi connectivity index (χ4n) is 3.88. The molecule has 0 aromatic heterocycles. The molecule has 0 saturated heterocycles. The molecular weight excluding hydrogens is 435 g/mol. The molecule has 0 saturated carbocycles. The van der Waals surface area contributed by atoms with Crippen LogP contribution in [0, 0.1) is 5.92 Å². The Kier molecular flexibility index (Phi) is 14.3. The van der Waals surface area contributed by atoms with E-state index in [0.717, 1.165) is 13.2 Å². The summed E-state index contributed by atoms with van der Waals surface area (Å²) in [6.45, 7) is 10.9. The second-order valence-electron chi connectivity index (χ2n) is 8.42. The Morgan fingerprint density at radius 3 is 1.96 bits per heavy atom. The van der Waals surface area contributed by atoms with E-state index in [1.54, 1.807) is 13.3 Å². The van der Waals surface area contributed by atoms with Gasteiger partial charge in [-0.1, -0.05) is 0 Å². The average molecular weight is 479 g/mol. The number of unbranched alkanes of at least 4 members (excludes halogenated alkanes) is 3. The van der Waals surface area contributed by atoms with Gasteiger partial charge in [0.2, 0.25) is 0 Å². The average Bonchev–Trinajstić information content (AvgIpc) is 2.69. The normalized spacial score (nSPS) is 13.3. The summed E-state index contributed by atoms with van der Waals surface area (Å²) in [6, 6.07) is 10.5. The van der Waals surface area contributed by atoms with E-state index < -0.39 is 18.4 Å². The zero-order valence-electron chi connectivity index (χ0n) is 18.5. The van der Waals surface area contributed by atoms with Crippen LogP contribution in [0.25, 0.3) is 0 Å². The van der Waals surface area contributed by atoms with Gasteiger partial charge in [0, 0.05) is 0 Å². The molecule has 0 spiro atoms. The van der Waals surface area contributed by atoms with Crippen molar-refractivity contribution in [3.05, 3.63) is 48.0 Å². The third kappa shape index (κ3) is 11.3. The van der Waals surface area contributed by atoms with Crippen molar-refractivity contribution in [3.8, 4) is 0 Å². The van der Waals surface area contributed by atoms with E-state index in [0.29, 0.717) is 5.92 Å². The Hall–Kier alpha value is -0.281. The fraction of sp³-hybridized carbons (Fsp3) is 0.680. The summed E-state index contributed by atoms with van der Waals surface area (Å²) in [5, 5.41) is 0. The van der Waals surface area contributed by atoms with Crippen LogP contribution in [-0.2, 0) is 11.3 Å². The van der Waals surface area contributed by atoms with Crippen LogP contribution in [0.15, 0.2) is 42.5 Å². The minimum atomic E-state index is -1.99. The quantitative estimate of drug-likeness (QED) is 0.171. The first-order chi connectivity index (χ1) is 13.2. The Labute approximate surface area is 173 Å². The molecule has 0 amide bonds. The van der Waals surface area contributed by atoms with Gasteiger partial charge in [-0.15, -0.1) is 0 Å². The first kappa shape index (κ1) is 24.8. The van der Waals surface area contributed by atoms with Gasteiger partial charge in [0.15, 0.2) is 0 Å². The van der Waals surface area contributed by atoms with Crippen molar-refractivity contribution < 1.29 is 4.74 Å². The fourth-order valence-corrected chi connectivity index (χ4v) is 19.0. The van der Waals surface area contributed by atoms with Gasteiger partial charge >= 0.3 is 174 Å². The third-order valence-electron chi connectivity index (χ3n) is 5.69. The van der Waals surface area contributed by atoms with Gasteiger partial charge in [0.25, 0.3) is 0 Å². The summed E-state index contributed by atoms with van der Waals surface area (Å²) >= 11 is -1.99. The van der Waals surface area contributed by atoms with Crippen LogP contribution in [-0.4, -0.2) is 25.0 Å². The molecule has 0 heterocycles. The maximum atomic E-state index is 5.92. The molecule has 0 fully saturated rings. The molecule has 1 nitrogen and oxygen atoms in total. The number of ether oxygens (including phenoxy) is 1. The molecule has 0 bridgehead atoms. The number of hydrogen-bond acceptors (Lipinski definition) is 1. The molecule has 154 valence electrons. The number of hydrogen-bond donors (Lipinski definition) is 0. The summed E-state index contributed by atoms with van der Waals surface area (Å²) in [4.78, 5) is 0. The van der Waals surface area contributed by atoms with Crippen molar-refractivity contribution in [2.45, 2.75) is 90.6 Å². The standard InChI is InChI=1S/C13H17O.3C4H9.Sn/c1-3-7-12(2)10-14-11-13-8-5-4-6-9-13;3*1-3-4-2;/h3-9,12H,1,10-11H2,2H3;3*1,3-4H2,2H3;/b7-3+;;;;. The van der Waals surface area contributed by atoms with Gasteiger partial charge in [-0.2, -0.15) is 0 Å².